The minimum Gasteiger partial charge on any atom is -0.365 e. The number of hydrogen-bond acceptors (Lipinski definition) is 5. The quantitative estimate of drug-likeness (QED) is 0.563. The third-order valence-electron chi connectivity index (χ3n) is 5.51. The number of hydrogen-bond donors (Lipinski definition) is 2. The zero-order valence-corrected chi connectivity index (χ0v) is 19.1. The van der Waals surface area contributed by atoms with Gasteiger partial charge in [-0.15, -0.1) is 0 Å². The van der Waals surface area contributed by atoms with E-state index in [-0.39, 0.29) is 11.9 Å². The summed E-state index contributed by atoms with van der Waals surface area (Å²) in [4.78, 5) is 28.5. The van der Waals surface area contributed by atoms with Crippen LogP contribution in [0.1, 0.15) is 30.5 Å². The van der Waals surface area contributed by atoms with Gasteiger partial charge >= 0.3 is 0 Å². The molecule has 1 aliphatic heterocycles. The van der Waals surface area contributed by atoms with Gasteiger partial charge in [-0.05, 0) is 57.6 Å². The van der Waals surface area contributed by atoms with Crippen LogP contribution in [-0.2, 0) is 4.79 Å². The van der Waals surface area contributed by atoms with Gasteiger partial charge in [-0.1, -0.05) is 29.7 Å². The smallest absolute Gasteiger partial charge is 0.222 e. The van der Waals surface area contributed by atoms with Crippen LogP contribution in [0.2, 0.25) is 5.02 Å². The van der Waals surface area contributed by atoms with Crippen LogP contribution in [0.3, 0.4) is 0 Å². The number of anilines is 1. The van der Waals surface area contributed by atoms with Gasteiger partial charge in [0.1, 0.15) is 17.8 Å². The van der Waals surface area contributed by atoms with Gasteiger partial charge < -0.3 is 20.1 Å². The first-order chi connectivity index (χ1) is 15.5. The highest BCUT2D eigenvalue weighted by molar-refractivity contribution is 6.31. The molecule has 32 heavy (non-hydrogen) atoms. The van der Waals surface area contributed by atoms with Crippen molar-refractivity contribution in [1.82, 2.24) is 24.8 Å². The van der Waals surface area contributed by atoms with E-state index in [1.165, 1.54) is 6.33 Å². The molecule has 4 rings (SSSR count). The fourth-order valence-electron chi connectivity index (χ4n) is 3.82. The summed E-state index contributed by atoms with van der Waals surface area (Å²) in [5.41, 5.74) is 2.24. The molecule has 1 atom stereocenters. The Kier molecular flexibility index (Phi) is 6.93. The molecule has 7 nitrogen and oxygen atoms in total. The first-order valence-corrected chi connectivity index (χ1v) is 11.2. The van der Waals surface area contributed by atoms with Gasteiger partial charge in [0.2, 0.25) is 5.91 Å². The predicted octanol–water partition coefficient (Wildman–Crippen LogP) is 3.37. The fourth-order valence-corrected chi connectivity index (χ4v) is 4.01. The number of carbonyl (C=O) groups excluding carboxylic acids is 1. The number of carbonyl (C=O) groups is 1. The summed E-state index contributed by atoms with van der Waals surface area (Å²) < 4.78 is 0. The monoisotopic (exact) mass is 450 g/mol. The molecular weight excluding hydrogens is 424 g/mol. The lowest BCUT2D eigenvalue weighted by Gasteiger charge is -2.18. The zero-order valence-electron chi connectivity index (χ0n) is 18.4. The van der Waals surface area contributed by atoms with E-state index in [4.69, 9.17) is 11.6 Å². The summed E-state index contributed by atoms with van der Waals surface area (Å²) in [6.07, 6.45) is 3.91. The van der Waals surface area contributed by atoms with Gasteiger partial charge in [0.05, 0.1) is 16.1 Å². The van der Waals surface area contributed by atoms with E-state index < -0.39 is 0 Å². The predicted molar refractivity (Wildman–Crippen MR) is 128 cm³/mol. The van der Waals surface area contributed by atoms with E-state index in [0.717, 1.165) is 54.0 Å². The van der Waals surface area contributed by atoms with Crippen LogP contribution >= 0.6 is 11.6 Å². The Bertz CT molecular complexity index is 1160. The number of fused-ring (bicyclic) bond motifs is 1. The number of aromatic amines is 1. The molecule has 3 aromatic rings. The maximum absolute atomic E-state index is 12.5. The zero-order chi connectivity index (χ0) is 22.5. The molecule has 1 aromatic carbocycles. The van der Waals surface area contributed by atoms with Crippen molar-refractivity contribution in [2.45, 2.75) is 25.3 Å². The maximum Gasteiger partial charge on any atom is 0.222 e. The SMILES string of the molecule is CN(C)CCCC(=O)N1CC[C@@H](Nc2ncnc3[nH]c(C#Cc4ccccc4Cl)cc23)C1. The van der Waals surface area contributed by atoms with E-state index in [1.807, 2.05) is 49.3 Å². The van der Waals surface area contributed by atoms with E-state index in [2.05, 4.69) is 37.0 Å². The summed E-state index contributed by atoms with van der Waals surface area (Å²) in [5.74, 6) is 7.19. The summed E-state index contributed by atoms with van der Waals surface area (Å²) >= 11 is 6.19. The van der Waals surface area contributed by atoms with Crippen LogP contribution in [0, 0.1) is 11.8 Å². The molecule has 1 aliphatic rings. The summed E-state index contributed by atoms with van der Waals surface area (Å²) in [6.45, 7) is 2.39. The van der Waals surface area contributed by atoms with Crippen molar-refractivity contribution in [3.63, 3.8) is 0 Å². The highest BCUT2D eigenvalue weighted by Gasteiger charge is 2.26. The molecule has 2 aromatic heterocycles. The average molecular weight is 451 g/mol. The second-order valence-corrected chi connectivity index (χ2v) is 8.68. The van der Waals surface area contributed by atoms with E-state index >= 15 is 0 Å². The van der Waals surface area contributed by atoms with Crippen molar-refractivity contribution in [2.75, 3.05) is 39.0 Å². The lowest BCUT2D eigenvalue weighted by atomic mass is 10.2. The lowest BCUT2D eigenvalue weighted by molar-refractivity contribution is -0.130. The standard InChI is InChI=1S/C24H27ClN6O/c1-30(2)12-5-8-22(32)31-13-11-19(15-31)29-24-20-14-18(28-23(20)26-16-27-24)10-9-17-6-3-4-7-21(17)25/h3-4,6-7,14,16,19H,5,8,11-13,15H2,1-2H3,(H2,26,27,28,29)/t19-/m1/s1. The number of aromatic nitrogens is 3. The van der Waals surface area contributed by atoms with Gasteiger partial charge in [-0.2, -0.15) is 0 Å². The number of benzene rings is 1. The molecule has 2 N–H and O–H groups in total. The first kappa shape index (κ1) is 22.1. The van der Waals surface area contributed by atoms with Gasteiger partial charge in [-0.25, -0.2) is 9.97 Å². The molecule has 0 saturated carbocycles. The molecule has 3 heterocycles. The van der Waals surface area contributed by atoms with Gasteiger partial charge in [-0.3, -0.25) is 4.79 Å². The molecule has 8 heteroatoms. The molecule has 0 unspecified atom stereocenters. The largest absolute Gasteiger partial charge is 0.365 e. The summed E-state index contributed by atoms with van der Waals surface area (Å²) in [6, 6.07) is 9.61. The average Bonchev–Trinajstić information content (AvgIpc) is 3.40. The molecule has 0 radical (unpaired) electrons. The number of halogens is 1. The van der Waals surface area contributed by atoms with Gasteiger partial charge in [0, 0.05) is 31.1 Å². The number of amides is 1. The van der Waals surface area contributed by atoms with E-state index in [1.54, 1.807) is 0 Å². The molecule has 0 bridgehead atoms. The Morgan fingerprint density at radius 1 is 1.31 bits per heavy atom. The normalized spacial score (nSPS) is 15.8. The third kappa shape index (κ3) is 5.39. The van der Waals surface area contributed by atoms with Crippen LogP contribution in [0.4, 0.5) is 5.82 Å². The molecule has 1 saturated heterocycles. The highest BCUT2D eigenvalue weighted by atomic mass is 35.5. The van der Waals surface area contributed by atoms with Crippen LogP contribution in [-0.4, -0.2) is 70.4 Å². The molecule has 0 spiro atoms. The lowest BCUT2D eigenvalue weighted by Crippen LogP contribution is -2.32. The van der Waals surface area contributed by atoms with Crippen molar-refractivity contribution in [2.24, 2.45) is 0 Å². The van der Waals surface area contributed by atoms with Gasteiger partial charge in [0.15, 0.2) is 0 Å². The molecule has 166 valence electrons. The van der Waals surface area contributed by atoms with E-state index in [9.17, 15) is 4.79 Å². The van der Waals surface area contributed by atoms with Crippen molar-refractivity contribution in [3.8, 4) is 11.8 Å². The topological polar surface area (TPSA) is 77.2 Å². The molecule has 0 aliphatic carbocycles. The molecule has 1 fully saturated rings. The Morgan fingerprint density at radius 2 is 2.16 bits per heavy atom. The third-order valence-corrected chi connectivity index (χ3v) is 5.84. The Labute approximate surface area is 193 Å². The van der Waals surface area contributed by atoms with Crippen LogP contribution in [0.15, 0.2) is 36.7 Å². The number of nitrogens with one attached hydrogen (secondary N) is 2. The van der Waals surface area contributed by atoms with Crippen molar-refractivity contribution >= 4 is 34.4 Å². The Balaban J connectivity index is 1.42. The number of likely N-dealkylation sites (tertiary alicyclic amines) is 1. The minimum absolute atomic E-state index is 0.165. The molecular formula is C24H27ClN6O. The Hall–Kier alpha value is -3.08. The van der Waals surface area contributed by atoms with Crippen LogP contribution in [0.25, 0.3) is 11.0 Å². The fraction of sp³-hybridized carbons (Fsp3) is 0.375. The highest BCUT2D eigenvalue weighted by Crippen LogP contribution is 2.23. The van der Waals surface area contributed by atoms with E-state index in [0.29, 0.717) is 18.0 Å². The van der Waals surface area contributed by atoms with Crippen LogP contribution in [0.5, 0.6) is 0 Å². The second-order valence-electron chi connectivity index (χ2n) is 8.27. The number of H-pyrrole nitrogens is 1. The second kappa shape index (κ2) is 10.0. The van der Waals surface area contributed by atoms with Gasteiger partial charge in [0.25, 0.3) is 0 Å². The minimum atomic E-state index is 0.165. The summed E-state index contributed by atoms with van der Waals surface area (Å²) in [5, 5.41) is 5.00. The van der Waals surface area contributed by atoms with Crippen molar-refractivity contribution in [1.29, 1.82) is 0 Å². The van der Waals surface area contributed by atoms with Crippen molar-refractivity contribution in [3.05, 3.63) is 52.9 Å². The number of rotatable bonds is 6. The Morgan fingerprint density at radius 3 is 2.97 bits per heavy atom. The first-order valence-electron chi connectivity index (χ1n) is 10.8. The number of nitrogens with zero attached hydrogens (tertiary/aromatic N) is 4. The van der Waals surface area contributed by atoms with Crippen LogP contribution < -0.4 is 5.32 Å². The maximum atomic E-state index is 12.5. The summed E-state index contributed by atoms with van der Waals surface area (Å²) in [7, 11) is 4.05. The van der Waals surface area contributed by atoms with Crippen molar-refractivity contribution < 1.29 is 4.79 Å². The molecule has 1 amide bonds.